The Morgan fingerprint density at radius 1 is 0.960 bits per heavy atom. The molecule has 2 aromatic rings. The summed E-state index contributed by atoms with van der Waals surface area (Å²) in [6.45, 7) is 7.96. The van der Waals surface area contributed by atoms with Gasteiger partial charge in [0.2, 0.25) is 0 Å². The average Bonchev–Trinajstić information content (AvgIpc) is 2.61. The first-order valence-electron chi connectivity index (χ1n) is 8.76. The van der Waals surface area contributed by atoms with E-state index in [1.54, 1.807) is 4.90 Å². The molecule has 134 valence electrons. The van der Waals surface area contributed by atoms with Crippen molar-refractivity contribution in [3.63, 3.8) is 0 Å². The van der Waals surface area contributed by atoms with Crippen LogP contribution in [0.2, 0.25) is 0 Å². The molecule has 1 amide bonds. The molecule has 0 N–H and O–H groups in total. The van der Waals surface area contributed by atoms with E-state index in [0.717, 1.165) is 17.7 Å². The van der Waals surface area contributed by atoms with E-state index < -0.39 is 0 Å². The lowest BCUT2D eigenvalue weighted by Crippen LogP contribution is -2.35. The van der Waals surface area contributed by atoms with Gasteiger partial charge in [-0.05, 0) is 43.5 Å². The van der Waals surface area contributed by atoms with Crippen molar-refractivity contribution in [2.75, 3.05) is 26.3 Å². The second kappa shape index (κ2) is 9.72. The summed E-state index contributed by atoms with van der Waals surface area (Å²) in [5, 5.41) is 0. The van der Waals surface area contributed by atoms with Crippen molar-refractivity contribution in [3.8, 4) is 5.75 Å². The molecule has 0 aliphatic heterocycles. The maximum Gasteiger partial charge on any atom is 0.409 e. The summed E-state index contributed by atoms with van der Waals surface area (Å²) in [6, 6.07) is 16.0. The molecule has 0 aliphatic rings. The van der Waals surface area contributed by atoms with Crippen LogP contribution in [-0.4, -0.2) is 37.3 Å². The Bertz CT molecular complexity index is 684. The van der Waals surface area contributed by atoms with Crippen molar-refractivity contribution in [2.45, 2.75) is 27.2 Å². The highest BCUT2D eigenvalue weighted by molar-refractivity contribution is 5.67. The fraction of sp³-hybridized carbons (Fsp3) is 0.381. The fourth-order valence-corrected chi connectivity index (χ4v) is 2.59. The number of hydrogen-bond donors (Lipinski definition) is 0. The molecule has 0 spiro atoms. The Balaban J connectivity index is 1.75. The number of rotatable bonds is 8. The zero-order chi connectivity index (χ0) is 18.1. The molecule has 25 heavy (non-hydrogen) atoms. The molecule has 2 rings (SSSR count). The van der Waals surface area contributed by atoms with Gasteiger partial charge in [-0.2, -0.15) is 0 Å². The zero-order valence-electron chi connectivity index (χ0n) is 15.3. The van der Waals surface area contributed by atoms with Gasteiger partial charge in [-0.3, -0.25) is 0 Å². The number of ether oxygens (including phenoxy) is 2. The molecular weight excluding hydrogens is 314 g/mol. The normalized spacial score (nSPS) is 10.4. The van der Waals surface area contributed by atoms with Crippen LogP contribution < -0.4 is 4.74 Å². The molecule has 4 heteroatoms. The summed E-state index contributed by atoms with van der Waals surface area (Å²) in [4.78, 5) is 13.9. The summed E-state index contributed by atoms with van der Waals surface area (Å²) in [5.74, 6) is 0.853. The molecular formula is C21H27NO3. The van der Waals surface area contributed by atoms with Crippen molar-refractivity contribution in [1.29, 1.82) is 0 Å². The van der Waals surface area contributed by atoms with Crippen LogP contribution in [-0.2, 0) is 11.2 Å². The van der Waals surface area contributed by atoms with Crippen LogP contribution in [0, 0.1) is 13.8 Å². The Morgan fingerprint density at radius 2 is 1.64 bits per heavy atom. The van der Waals surface area contributed by atoms with Gasteiger partial charge in [0.05, 0.1) is 13.2 Å². The third-order valence-corrected chi connectivity index (χ3v) is 4.21. The van der Waals surface area contributed by atoms with E-state index in [4.69, 9.17) is 9.47 Å². The molecule has 0 saturated heterocycles. The van der Waals surface area contributed by atoms with Crippen LogP contribution in [0.5, 0.6) is 5.75 Å². The molecule has 0 heterocycles. The molecule has 0 saturated carbocycles. The number of carbonyl (C=O) groups excluding carboxylic acids is 1. The van der Waals surface area contributed by atoms with Gasteiger partial charge in [0.1, 0.15) is 12.4 Å². The van der Waals surface area contributed by atoms with Gasteiger partial charge in [0.25, 0.3) is 0 Å². The second-order valence-corrected chi connectivity index (χ2v) is 5.98. The van der Waals surface area contributed by atoms with Crippen LogP contribution in [0.3, 0.4) is 0 Å². The van der Waals surface area contributed by atoms with E-state index in [-0.39, 0.29) is 6.09 Å². The highest BCUT2D eigenvalue weighted by atomic mass is 16.6. The van der Waals surface area contributed by atoms with Gasteiger partial charge in [0, 0.05) is 13.0 Å². The predicted octanol–water partition coefficient (Wildman–Crippen LogP) is 4.38. The molecule has 2 aromatic carbocycles. The maximum absolute atomic E-state index is 12.2. The first-order chi connectivity index (χ1) is 12.1. The standard InChI is InChI=1S/C21H27NO3/c1-4-22(14-16-24-20-12-8-6-10-18(20)3)21(23)25-15-13-19-11-7-5-9-17(19)2/h5-12H,4,13-16H2,1-3H3. The number of carbonyl (C=O) groups is 1. The van der Waals surface area contributed by atoms with E-state index in [2.05, 4.69) is 19.1 Å². The molecule has 0 bridgehead atoms. The highest BCUT2D eigenvalue weighted by Gasteiger charge is 2.13. The largest absolute Gasteiger partial charge is 0.491 e. The van der Waals surface area contributed by atoms with Crippen LogP contribution >= 0.6 is 0 Å². The van der Waals surface area contributed by atoms with Gasteiger partial charge in [-0.25, -0.2) is 4.79 Å². The quantitative estimate of drug-likeness (QED) is 0.715. The predicted molar refractivity (Wildman–Crippen MR) is 100 cm³/mol. The Kier molecular flexibility index (Phi) is 7.33. The van der Waals surface area contributed by atoms with Gasteiger partial charge < -0.3 is 14.4 Å². The maximum atomic E-state index is 12.2. The molecule has 0 atom stereocenters. The first-order valence-corrected chi connectivity index (χ1v) is 8.76. The summed E-state index contributed by atoms with van der Waals surface area (Å²) in [6.07, 6.45) is 0.444. The van der Waals surface area contributed by atoms with Gasteiger partial charge >= 0.3 is 6.09 Å². The van der Waals surface area contributed by atoms with Gasteiger partial charge in [-0.1, -0.05) is 42.5 Å². The molecule has 0 aromatic heterocycles. The van der Waals surface area contributed by atoms with Crippen LogP contribution in [0.1, 0.15) is 23.6 Å². The molecule has 0 aliphatic carbocycles. The van der Waals surface area contributed by atoms with Crippen molar-refractivity contribution >= 4 is 6.09 Å². The summed E-state index contributed by atoms with van der Waals surface area (Å²) in [7, 11) is 0. The highest BCUT2D eigenvalue weighted by Crippen LogP contribution is 2.16. The Labute approximate surface area is 150 Å². The van der Waals surface area contributed by atoms with E-state index in [1.165, 1.54) is 11.1 Å². The smallest absolute Gasteiger partial charge is 0.409 e. The summed E-state index contributed by atoms with van der Waals surface area (Å²) < 4.78 is 11.2. The minimum absolute atomic E-state index is 0.288. The summed E-state index contributed by atoms with van der Waals surface area (Å²) >= 11 is 0. The molecule has 4 nitrogen and oxygen atoms in total. The number of amides is 1. The Hall–Kier alpha value is -2.49. The van der Waals surface area contributed by atoms with E-state index in [9.17, 15) is 4.79 Å². The Morgan fingerprint density at radius 3 is 2.32 bits per heavy atom. The van der Waals surface area contributed by atoms with Crippen molar-refractivity contribution in [2.24, 2.45) is 0 Å². The second-order valence-electron chi connectivity index (χ2n) is 5.98. The number of likely N-dealkylation sites (N-methyl/N-ethyl adjacent to an activating group) is 1. The lowest BCUT2D eigenvalue weighted by Gasteiger charge is -2.21. The number of aryl methyl sites for hydroxylation is 2. The monoisotopic (exact) mass is 341 g/mol. The topological polar surface area (TPSA) is 38.8 Å². The van der Waals surface area contributed by atoms with E-state index in [0.29, 0.717) is 26.3 Å². The van der Waals surface area contributed by atoms with Crippen LogP contribution in [0.25, 0.3) is 0 Å². The fourth-order valence-electron chi connectivity index (χ4n) is 2.59. The van der Waals surface area contributed by atoms with Crippen molar-refractivity contribution in [1.82, 2.24) is 4.90 Å². The van der Waals surface area contributed by atoms with Crippen LogP contribution in [0.4, 0.5) is 4.79 Å². The third kappa shape index (κ3) is 5.82. The van der Waals surface area contributed by atoms with Crippen molar-refractivity contribution < 1.29 is 14.3 Å². The van der Waals surface area contributed by atoms with Crippen LogP contribution in [0.15, 0.2) is 48.5 Å². The zero-order valence-corrected chi connectivity index (χ0v) is 15.3. The lowest BCUT2D eigenvalue weighted by atomic mass is 10.1. The first kappa shape index (κ1) is 18.8. The van der Waals surface area contributed by atoms with E-state index >= 15 is 0 Å². The van der Waals surface area contributed by atoms with E-state index in [1.807, 2.05) is 50.2 Å². The number of hydrogen-bond acceptors (Lipinski definition) is 3. The average molecular weight is 341 g/mol. The number of nitrogens with zero attached hydrogens (tertiary/aromatic N) is 1. The summed E-state index contributed by atoms with van der Waals surface area (Å²) in [5.41, 5.74) is 3.52. The molecule has 0 radical (unpaired) electrons. The minimum atomic E-state index is -0.288. The number of para-hydroxylation sites is 1. The molecule has 0 fully saturated rings. The molecule has 0 unspecified atom stereocenters. The minimum Gasteiger partial charge on any atom is -0.491 e. The third-order valence-electron chi connectivity index (χ3n) is 4.21. The van der Waals surface area contributed by atoms with Gasteiger partial charge in [0.15, 0.2) is 0 Å². The van der Waals surface area contributed by atoms with Crippen molar-refractivity contribution in [3.05, 3.63) is 65.2 Å². The number of benzene rings is 2. The lowest BCUT2D eigenvalue weighted by molar-refractivity contribution is 0.0989. The SMILES string of the molecule is CCN(CCOc1ccccc1C)C(=O)OCCc1ccccc1C. The van der Waals surface area contributed by atoms with Gasteiger partial charge in [-0.15, -0.1) is 0 Å².